The molecule has 0 N–H and O–H groups in total. The summed E-state index contributed by atoms with van der Waals surface area (Å²) in [6.07, 6.45) is -0.423. The molecule has 0 aliphatic carbocycles. The van der Waals surface area contributed by atoms with Crippen molar-refractivity contribution in [2.45, 2.75) is 20.3 Å². The number of hydrogen-bond acceptors (Lipinski definition) is 5. The first-order valence-electron chi connectivity index (χ1n) is 7.06. The molecule has 0 spiro atoms. The predicted octanol–water partition coefficient (Wildman–Crippen LogP) is -1.90. The monoisotopic (exact) mass is 337 g/mol. The van der Waals surface area contributed by atoms with E-state index < -0.39 is 18.4 Å². The summed E-state index contributed by atoms with van der Waals surface area (Å²) >= 11 is 5.98. The van der Waals surface area contributed by atoms with E-state index in [-0.39, 0.29) is 51.5 Å². The molecule has 0 heterocycles. The van der Waals surface area contributed by atoms with Gasteiger partial charge in [0, 0.05) is 5.02 Å². The summed E-state index contributed by atoms with van der Waals surface area (Å²) in [5, 5.41) is -0.0419. The maximum Gasteiger partial charge on any atom is 0.353 e. The Morgan fingerprint density at radius 1 is 0.958 bits per heavy atom. The fourth-order valence-corrected chi connectivity index (χ4v) is 1.95. The molecule has 0 aliphatic rings. The molecule has 8 radical (unpaired) electrons. The number of aliphatic imine (C=N–C) groups is 1. The molecule has 0 aliphatic heterocycles. The number of nitrogens with zero attached hydrogens (tertiary/aromatic N) is 1. The van der Waals surface area contributed by atoms with Gasteiger partial charge in [0.1, 0.15) is 37.1 Å². The number of rotatable bonds is 6. The van der Waals surface area contributed by atoms with Gasteiger partial charge in [0.15, 0.2) is 0 Å². The van der Waals surface area contributed by atoms with Crippen molar-refractivity contribution < 1.29 is 19.1 Å². The van der Waals surface area contributed by atoms with Crippen molar-refractivity contribution in [3.05, 3.63) is 5.02 Å². The van der Waals surface area contributed by atoms with E-state index in [1.807, 2.05) is 0 Å². The third-order valence-corrected chi connectivity index (χ3v) is 3.35. The number of ether oxygens (including phenoxy) is 2. The predicted molar refractivity (Wildman–Crippen MR) is 98.0 cm³/mol. The Morgan fingerprint density at radius 3 is 2.08 bits per heavy atom. The first kappa shape index (κ1) is 20.4. The van der Waals surface area contributed by atoms with E-state index in [1.54, 1.807) is 13.8 Å². The average Bonchev–Trinajstić information content (AvgIpc) is 2.54. The second-order valence-electron chi connectivity index (χ2n) is 4.58. The SMILES string of the molecule is [B]c1c([B])c(Cl)c([B])c(N=C(CC(=O)OCC)C(=O)OCC)c1[B]. The van der Waals surface area contributed by atoms with Crippen molar-refractivity contribution in [1.29, 1.82) is 0 Å². The molecule has 0 fully saturated rings. The van der Waals surface area contributed by atoms with Crippen molar-refractivity contribution in [1.82, 2.24) is 0 Å². The van der Waals surface area contributed by atoms with Crippen LogP contribution >= 0.6 is 11.6 Å². The van der Waals surface area contributed by atoms with Gasteiger partial charge >= 0.3 is 11.9 Å². The van der Waals surface area contributed by atoms with Crippen LogP contribution in [0.4, 0.5) is 5.69 Å². The van der Waals surface area contributed by atoms with Gasteiger partial charge in [-0.15, -0.1) is 5.46 Å². The van der Waals surface area contributed by atoms with Gasteiger partial charge < -0.3 is 9.47 Å². The first-order valence-corrected chi connectivity index (χ1v) is 7.43. The van der Waals surface area contributed by atoms with Crippen LogP contribution < -0.4 is 21.9 Å². The van der Waals surface area contributed by atoms with Crippen molar-refractivity contribution in [3.63, 3.8) is 0 Å². The van der Waals surface area contributed by atoms with Gasteiger partial charge in [-0.2, -0.15) is 0 Å². The van der Waals surface area contributed by atoms with Crippen molar-refractivity contribution in [2.24, 2.45) is 4.99 Å². The van der Waals surface area contributed by atoms with Crippen molar-refractivity contribution in [2.75, 3.05) is 13.2 Å². The Labute approximate surface area is 151 Å². The highest BCUT2D eigenvalue weighted by molar-refractivity contribution is 6.66. The number of halogens is 1. The molecule has 116 valence electrons. The van der Waals surface area contributed by atoms with Crippen LogP contribution in [0.25, 0.3) is 0 Å². The van der Waals surface area contributed by atoms with E-state index in [2.05, 4.69) is 4.99 Å². The Kier molecular flexibility index (Phi) is 7.67. The number of carbonyl (C=O) groups is 2. The molecule has 0 aromatic heterocycles. The quantitative estimate of drug-likeness (QED) is 0.346. The Morgan fingerprint density at radius 2 is 1.54 bits per heavy atom. The molecular formula is C14H12B4ClNO4. The maximum absolute atomic E-state index is 12.0. The highest BCUT2D eigenvalue weighted by atomic mass is 35.5. The van der Waals surface area contributed by atoms with Gasteiger partial charge in [0.25, 0.3) is 0 Å². The van der Waals surface area contributed by atoms with Crippen LogP contribution in [0.2, 0.25) is 5.02 Å². The summed E-state index contributed by atoms with van der Waals surface area (Å²) in [4.78, 5) is 27.7. The lowest BCUT2D eigenvalue weighted by Gasteiger charge is -2.17. The van der Waals surface area contributed by atoms with Gasteiger partial charge in [-0.05, 0) is 13.8 Å². The zero-order valence-corrected chi connectivity index (χ0v) is 14.1. The number of hydrogen-bond donors (Lipinski definition) is 0. The van der Waals surface area contributed by atoms with Crippen LogP contribution in [0, 0.1) is 0 Å². The summed E-state index contributed by atoms with van der Waals surface area (Å²) in [6.45, 7) is 3.49. The minimum absolute atomic E-state index is 0.00805. The Hall–Kier alpha value is -1.62. The van der Waals surface area contributed by atoms with Crippen molar-refractivity contribution >= 4 is 88.2 Å². The van der Waals surface area contributed by atoms with Gasteiger partial charge in [-0.25, -0.2) is 9.79 Å². The second kappa shape index (κ2) is 9.02. The molecule has 0 amide bonds. The third kappa shape index (κ3) is 4.69. The number of benzene rings is 1. The van der Waals surface area contributed by atoms with E-state index in [0.717, 1.165) is 0 Å². The van der Waals surface area contributed by atoms with Crippen molar-refractivity contribution in [3.8, 4) is 0 Å². The normalized spacial score (nSPS) is 11.2. The van der Waals surface area contributed by atoms with Crippen LogP contribution in [0.1, 0.15) is 20.3 Å². The van der Waals surface area contributed by atoms with Gasteiger partial charge in [0.05, 0.1) is 25.3 Å². The lowest BCUT2D eigenvalue weighted by molar-refractivity contribution is -0.143. The molecule has 24 heavy (non-hydrogen) atoms. The summed E-state index contributed by atoms with van der Waals surface area (Å²) in [5.74, 6) is -1.47. The van der Waals surface area contributed by atoms with Crippen LogP contribution in [0.3, 0.4) is 0 Å². The van der Waals surface area contributed by atoms with Crippen LogP contribution in [0.5, 0.6) is 0 Å². The highest BCUT2D eigenvalue weighted by Gasteiger charge is 2.20. The summed E-state index contributed by atoms with van der Waals surface area (Å²) in [7, 11) is 23.1. The van der Waals surface area contributed by atoms with E-state index in [4.69, 9.17) is 52.5 Å². The summed E-state index contributed by atoms with van der Waals surface area (Å²) in [6, 6.07) is 0. The molecule has 1 aromatic rings. The topological polar surface area (TPSA) is 65.0 Å². The molecule has 1 rings (SSSR count). The lowest BCUT2D eigenvalue weighted by Crippen LogP contribution is -2.44. The van der Waals surface area contributed by atoms with Gasteiger partial charge in [-0.3, -0.25) is 4.79 Å². The van der Waals surface area contributed by atoms with E-state index in [0.29, 0.717) is 0 Å². The second-order valence-corrected chi connectivity index (χ2v) is 4.96. The fraction of sp³-hybridized carbons (Fsp3) is 0.357. The molecule has 10 heteroatoms. The Balaban J connectivity index is 3.42. The smallest absolute Gasteiger partial charge is 0.353 e. The first-order chi connectivity index (χ1) is 11.2. The van der Waals surface area contributed by atoms with Crippen LogP contribution in [-0.4, -0.2) is 62.2 Å². The maximum atomic E-state index is 12.0. The minimum Gasteiger partial charge on any atom is -0.466 e. The highest BCUT2D eigenvalue weighted by Crippen LogP contribution is 2.11. The van der Waals surface area contributed by atoms with Crippen LogP contribution in [-0.2, 0) is 19.1 Å². The molecule has 1 aromatic carbocycles. The number of esters is 2. The zero-order valence-electron chi connectivity index (χ0n) is 13.4. The molecule has 0 atom stereocenters. The largest absolute Gasteiger partial charge is 0.466 e. The molecule has 0 saturated heterocycles. The van der Waals surface area contributed by atoms with E-state index in [9.17, 15) is 9.59 Å². The molecule has 0 bridgehead atoms. The summed E-state index contributed by atoms with van der Waals surface area (Å²) in [5.41, 5.74) is -0.430. The molecule has 0 saturated carbocycles. The average molecular weight is 337 g/mol. The zero-order chi connectivity index (χ0) is 18.4. The Bertz CT molecular complexity index is 665. The number of carbonyl (C=O) groups excluding carboxylic acids is 2. The third-order valence-electron chi connectivity index (χ3n) is 2.94. The molecular weight excluding hydrogens is 325 g/mol. The van der Waals surface area contributed by atoms with Gasteiger partial charge in [0.2, 0.25) is 0 Å². The fourth-order valence-electron chi connectivity index (χ4n) is 1.76. The molecule has 0 unspecified atom stereocenters. The standard InChI is InChI=1S/C14H12B4ClNO4/c1-3-23-7(21)5-6(14(22)24-4-2)20-13-10(17)8(15)9(16)12(19)11(13)18/h3-5H2,1-2H3. The van der Waals surface area contributed by atoms with Crippen LogP contribution in [0.15, 0.2) is 4.99 Å². The van der Waals surface area contributed by atoms with E-state index in [1.165, 1.54) is 0 Å². The minimum atomic E-state index is -0.809. The van der Waals surface area contributed by atoms with Gasteiger partial charge in [-0.1, -0.05) is 28.0 Å². The lowest BCUT2D eigenvalue weighted by atomic mass is 9.68. The van der Waals surface area contributed by atoms with E-state index >= 15 is 0 Å². The molecule has 5 nitrogen and oxygen atoms in total. The summed E-state index contributed by atoms with van der Waals surface area (Å²) < 4.78 is 9.68.